The normalized spacial score (nSPS) is 14.3. The minimum Gasteiger partial charge on any atom is -0.379 e. The minimum absolute atomic E-state index is 0.0921. The third-order valence-electron chi connectivity index (χ3n) is 4.82. The fraction of sp³-hybridized carbons (Fsp3) is 0.136. The molecule has 0 bridgehead atoms. The van der Waals surface area contributed by atoms with Gasteiger partial charge in [-0.25, -0.2) is 8.42 Å². The summed E-state index contributed by atoms with van der Waals surface area (Å²) >= 11 is 0. The van der Waals surface area contributed by atoms with E-state index < -0.39 is 27.5 Å². The van der Waals surface area contributed by atoms with E-state index in [2.05, 4.69) is 0 Å². The Balaban J connectivity index is 1.68. The van der Waals surface area contributed by atoms with Crippen LogP contribution in [-0.2, 0) is 20.8 Å². The molecule has 0 unspecified atom stereocenters. The largest absolute Gasteiger partial charge is 0.416 e. The van der Waals surface area contributed by atoms with E-state index in [9.17, 15) is 26.4 Å². The summed E-state index contributed by atoms with van der Waals surface area (Å²) in [7, 11) is -3.37. The Morgan fingerprint density at radius 2 is 1.56 bits per heavy atom. The Morgan fingerprint density at radius 3 is 2.19 bits per heavy atom. The number of anilines is 3. The van der Waals surface area contributed by atoms with E-state index >= 15 is 0 Å². The van der Waals surface area contributed by atoms with Crippen molar-refractivity contribution in [1.29, 1.82) is 0 Å². The maximum Gasteiger partial charge on any atom is 0.416 e. The van der Waals surface area contributed by atoms with E-state index in [1.165, 1.54) is 46.4 Å². The molecule has 3 aromatic carbocycles. The predicted octanol–water partition coefficient (Wildman–Crippen LogP) is 4.59. The van der Waals surface area contributed by atoms with Crippen molar-refractivity contribution < 1.29 is 31.2 Å². The van der Waals surface area contributed by atoms with Gasteiger partial charge < -0.3 is 4.84 Å². The van der Waals surface area contributed by atoms with Crippen molar-refractivity contribution in [3.8, 4) is 5.75 Å². The lowest BCUT2D eigenvalue weighted by atomic mass is 10.1. The number of hydrogen-bond donors (Lipinski definition) is 0. The van der Waals surface area contributed by atoms with Gasteiger partial charge in [-0.2, -0.15) is 18.2 Å². The molecule has 32 heavy (non-hydrogen) atoms. The molecular formula is C22H17F3N2O4S. The zero-order chi connectivity index (χ0) is 23.1. The number of halogens is 3. The second-order valence-electron chi connectivity index (χ2n) is 7.14. The van der Waals surface area contributed by atoms with Crippen molar-refractivity contribution in [1.82, 2.24) is 0 Å². The number of sulfone groups is 1. The number of nitrogens with zero attached hydrogens (tertiary/aromatic N) is 2. The molecule has 0 aromatic heterocycles. The third-order valence-corrected chi connectivity index (χ3v) is 5.95. The van der Waals surface area contributed by atoms with Gasteiger partial charge >= 0.3 is 6.18 Å². The molecule has 6 nitrogen and oxygen atoms in total. The summed E-state index contributed by atoms with van der Waals surface area (Å²) in [6, 6.07) is 16.9. The number of hydroxylamine groups is 1. The molecule has 3 aromatic rings. The van der Waals surface area contributed by atoms with Gasteiger partial charge in [0.15, 0.2) is 15.6 Å². The molecule has 1 aliphatic rings. The average molecular weight is 462 g/mol. The Labute approximate surface area is 182 Å². The number of benzene rings is 3. The number of hydrogen-bond acceptors (Lipinski definition) is 5. The van der Waals surface area contributed by atoms with Gasteiger partial charge in [0.25, 0.3) is 5.91 Å². The summed E-state index contributed by atoms with van der Waals surface area (Å²) in [6.07, 6.45) is -3.45. The quantitative estimate of drug-likeness (QED) is 0.568. The maximum atomic E-state index is 13.2. The molecule has 0 fully saturated rings. The Morgan fingerprint density at radius 1 is 0.906 bits per heavy atom. The van der Waals surface area contributed by atoms with Crippen LogP contribution in [0, 0.1) is 0 Å². The van der Waals surface area contributed by atoms with E-state index in [0.29, 0.717) is 17.1 Å². The monoisotopic (exact) mass is 462 g/mol. The van der Waals surface area contributed by atoms with Crippen LogP contribution in [0.15, 0.2) is 77.7 Å². The Bertz CT molecular complexity index is 1270. The van der Waals surface area contributed by atoms with Crippen LogP contribution in [0.1, 0.15) is 5.56 Å². The predicted molar refractivity (Wildman–Crippen MR) is 113 cm³/mol. The van der Waals surface area contributed by atoms with Gasteiger partial charge in [-0.05, 0) is 54.6 Å². The molecule has 0 atom stereocenters. The first-order valence-electron chi connectivity index (χ1n) is 9.39. The highest BCUT2D eigenvalue weighted by atomic mass is 32.2. The number of para-hydroxylation sites is 2. The number of alkyl halides is 3. The molecular weight excluding hydrogens is 445 g/mol. The van der Waals surface area contributed by atoms with Crippen LogP contribution >= 0.6 is 0 Å². The van der Waals surface area contributed by atoms with Gasteiger partial charge in [-0.3, -0.25) is 9.69 Å². The van der Waals surface area contributed by atoms with Crippen LogP contribution in [0.4, 0.5) is 30.2 Å². The molecule has 0 N–H and O–H groups in total. The van der Waals surface area contributed by atoms with Crippen molar-refractivity contribution in [2.75, 3.05) is 22.8 Å². The van der Waals surface area contributed by atoms with Crippen LogP contribution in [0.5, 0.6) is 5.75 Å². The average Bonchev–Trinajstić information content (AvgIpc) is 2.73. The lowest BCUT2D eigenvalue weighted by Gasteiger charge is -2.36. The fourth-order valence-corrected chi connectivity index (χ4v) is 3.97. The highest BCUT2D eigenvalue weighted by molar-refractivity contribution is 7.90. The van der Waals surface area contributed by atoms with Crippen LogP contribution in [0.25, 0.3) is 0 Å². The van der Waals surface area contributed by atoms with Crippen LogP contribution < -0.4 is 14.8 Å². The number of fused-ring (bicyclic) bond motifs is 1. The smallest absolute Gasteiger partial charge is 0.379 e. The molecule has 10 heteroatoms. The lowest BCUT2D eigenvalue weighted by Crippen LogP contribution is -2.45. The van der Waals surface area contributed by atoms with Crippen molar-refractivity contribution in [3.05, 3.63) is 78.4 Å². The topological polar surface area (TPSA) is 66.9 Å². The number of carbonyl (C=O) groups is 1. The van der Waals surface area contributed by atoms with E-state index in [-0.39, 0.29) is 17.1 Å². The van der Waals surface area contributed by atoms with Crippen LogP contribution in [0.2, 0.25) is 0 Å². The van der Waals surface area contributed by atoms with Gasteiger partial charge in [-0.1, -0.05) is 18.2 Å². The molecule has 4 rings (SSSR count). The van der Waals surface area contributed by atoms with Crippen LogP contribution in [-0.4, -0.2) is 27.1 Å². The highest BCUT2D eigenvalue weighted by Gasteiger charge is 2.34. The summed E-state index contributed by atoms with van der Waals surface area (Å²) in [5.41, 5.74) is 0.0619. The molecule has 1 aliphatic heterocycles. The molecule has 1 heterocycles. The second kappa shape index (κ2) is 7.86. The fourth-order valence-electron chi connectivity index (χ4n) is 3.34. The number of carbonyl (C=O) groups excluding carboxylic acids is 1. The molecule has 0 saturated heterocycles. The second-order valence-corrected chi connectivity index (χ2v) is 9.15. The summed E-state index contributed by atoms with van der Waals surface area (Å²) in [5.74, 6) is -0.191. The molecule has 166 valence electrons. The van der Waals surface area contributed by atoms with Crippen molar-refractivity contribution in [2.45, 2.75) is 11.1 Å². The zero-order valence-electron chi connectivity index (χ0n) is 16.7. The van der Waals surface area contributed by atoms with Crippen molar-refractivity contribution in [3.63, 3.8) is 0 Å². The standard InChI is InChI=1S/C22H17F3N2O4S/c1-32(29,30)18-11-9-17(10-12-18)31-26-14-21(28)27(20-8-3-2-7-19(20)26)16-6-4-5-15(13-16)22(23,24)25/h2-13H,14H2,1H3. The third kappa shape index (κ3) is 4.26. The SMILES string of the molecule is CS(=O)(=O)c1ccc(ON2CC(=O)N(c3cccc(C(F)(F)F)c3)c3ccccc32)cc1. The summed E-state index contributed by atoms with van der Waals surface area (Å²) < 4.78 is 62.7. The van der Waals surface area contributed by atoms with Gasteiger partial charge in [0.1, 0.15) is 6.54 Å². The molecule has 0 saturated carbocycles. The van der Waals surface area contributed by atoms with Crippen molar-refractivity contribution in [2.24, 2.45) is 0 Å². The first-order chi connectivity index (χ1) is 15.0. The molecule has 0 radical (unpaired) electrons. The number of rotatable bonds is 4. The zero-order valence-corrected chi connectivity index (χ0v) is 17.5. The summed E-state index contributed by atoms with van der Waals surface area (Å²) in [4.78, 5) is 20.1. The van der Waals surface area contributed by atoms with Crippen LogP contribution in [0.3, 0.4) is 0 Å². The first-order valence-corrected chi connectivity index (χ1v) is 11.3. The highest BCUT2D eigenvalue weighted by Crippen LogP contribution is 2.40. The molecule has 1 amide bonds. The van der Waals surface area contributed by atoms with Gasteiger partial charge in [0.05, 0.1) is 21.8 Å². The molecule has 0 aliphatic carbocycles. The maximum absolute atomic E-state index is 13.2. The minimum atomic E-state index is -4.54. The van der Waals surface area contributed by atoms with Crippen molar-refractivity contribution >= 4 is 32.8 Å². The van der Waals surface area contributed by atoms with E-state index in [1.807, 2.05) is 0 Å². The van der Waals surface area contributed by atoms with E-state index in [0.717, 1.165) is 18.4 Å². The summed E-state index contributed by atoms with van der Waals surface area (Å²) in [5, 5.41) is 1.32. The van der Waals surface area contributed by atoms with Gasteiger partial charge in [0.2, 0.25) is 0 Å². The Kier molecular flexibility index (Phi) is 5.33. The summed E-state index contributed by atoms with van der Waals surface area (Å²) in [6.45, 7) is -0.263. The van der Waals surface area contributed by atoms with E-state index in [1.54, 1.807) is 24.3 Å². The Hall–Kier alpha value is -3.53. The van der Waals surface area contributed by atoms with Gasteiger partial charge in [0, 0.05) is 11.9 Å². The van der Waals surface area contributed by atoms with Gasteiger partial charge in [-0.15, -0.1) is 0 Å². The lowest BCUT2D eigenvalue weighted by molar-refractivity contribution is -0.137. The van der Waals surface area contributed by atoms with E-state index in [4.69, 9.17) is 4.84 Å². The first kappa shape index (κ1) is 21.7. The number of amides is 1. The molecule has 0 spiro atoms.